The highest BCUT2D eigenvalue weighted by Crippen LogP contribution is 2.28. The van der Waals surface area contributed by atoms with Crippen LogP contribution in [0.4, 0.5) is 5.69 Å². The van der Waals surface area contributed by atoms with Gasteiger partial charge in [0, 0.05) is 12.0 Å². The molecule has 19 heavy (non-hydrogen) atoms. The van der Waals surface area contributed by atoms with Crippen molar-refractivity contribution >= 4 is 5.69 Å². The highest BCUT2D eigenvalue weighted by atomic mass is 16.6. The Morgan fingerprint density at radius 1 is 1.47 bits per heavy atom. The van der Waals surface area contributed by atoms with Gasteiger partial charge in [0.15, 0.2) is 0 Å². The predicted molar refractivity (Wildman–Crippen MR) is 68.5 cm³/mol. The van der Waals surface area contributed by atoms with Crippen molar-refractivity contribution in [2.45, 2.75) is 19.3 Å². The molecule has 1 aromatic heterocycles. The second-order valence-corrected chi connectivity index (χ2v) is 4.21. The summed E-state index contributed by atoms with van der Waals surface area (Å²) in [6.45, 7) is 2.44. The third kappa shape index (κ3) is 2.76. The summed E-state index contributed by atoms with van der Waals surface area (Å²) >= 11 is 0. The van der Waals surface area contributed by atoms with Gasteiger partial charge in [0.1, 0.15) is 5.56 Å². The van der Waals surface area contributed by atoms with Gasteiger partial charge in [-0.2, -0.15) is 4.98 Å². The van der Waals surface area contributed by atoms with Crippen LogP contribution in [0, 0.1) is 10.1 Å². The fourth-order valence-electron chi connectivity index (χ4n) is 1.74. The maximum atomic E-state index is 10.9. The number of rotatable bonds is 5. The van der Waals surface area contributed by atoms with Gasteiger partial charge in [0.2, 0.25) is 11.7 Å². The minimum Gasteiger partial charge on any atom is -0.339 e. The molecule has 100 valence electrons. The lowest BCUT2D eigenvalue weighted by molar-refractivity contribution is -0.384. The Kier molecular flexibility index (Phi) is 3.86. The number of benzene rings is 1. The van der Waals surface area contributed by atoms with Crippen molar-refractivity contribution in [1.82, 2.24) is 10.1 Å². The van der Waals surface area contributed by atoms with Crippen molar-refractivity contribution in [2.24, 2.45) is 5.73 Å². The van der Waals surface area contributed by atoms with Crippen molar-refractivity contribution in [1.29, 1.82) is 0 Å². The highest BCUT2D eigenvalue weighted by molar-refractivity contribution is 5.67. The molecule has 1 atom stereocenters. The summed E-state index contributed by atoms with van der Waals surface area (Å²) in [5.41, 5.74) is 5.78. The molecule has 7 nitrogen and oxygen atoms in total. The molecule has 0 saturated heterocycles. The van der Waals surface area contributed by atoms with Gasteiger partial charge in [0.05, 0.1) is 4.92 Å². The van der Waals surface area contributed by atoms with Crippen molar-refractivity contribution in [3.63, 3.8) is 0 Å². The second-order valence-electron chi connectivity index (χ2n) is 4.21. The first-order chi connectivity index (χ1) is 9.13. The Bertz CT molecular complexity index is 582. The Balaban J connectivity index is 2.35. The predicted octanol–water partition coefficient (Wildman–Crippen LogP) is 2.10. The van der Waals surface area contributed by atoms with E-state index in [1.807, 2.05) is 6.92 Å². The van der Waals surface area contributed by atoms with E-state index in [0.717, 1.165) is 6.42 Å². The number of hydrogen-bond acceptors (Lipinski definition) is 6. The van der Waals surface area contributed by atoms with Gasteiger partial charge in [-0.3, -0.25) is 10.1 Å². The molecule has 2 rings (SSSR count). The van der Waals surface area contributed by atoms with Crippen LogP contribution < -0.4 is 5.73 Å². The van der Waals surface area contributed by atoms with Gasteiger partial charge >= 0.3 is 0 Å². The minimum absolute atomic E-state index is 0.0361. The summed E-state index contributed by atoms with van der Waals surface area (Å²) in [5.74, 6) is 0.707. The van der Waals surface area contributed by atoms with Crippen LogP contribution in [0.25, 0.3) is 11.4 Å². The van der Waals surface area contributed by atoms with E-state index < -0.39 is 4.92 Å². The molecule has 1 aromatic carbocycles. The fourth-order valence-corrected chi connectivity index (χ4v) is 1.74. The number of para-hydroxylation sites is 1. The molecule has 1 heterocycles. The average molecular weight is 262 g/mol. The maximum Gasteiger partial charge on any atom is 0.280 e. The summed E-state index contributed by atoms with van der Waals surface area (Å²) < 4.78 is 5.13. The molecule has 0 bridgehead atoms. The molecule has 0 aliphatic rings. The smallest absolute Gasteiger partial charge is 0.280 e. The number of nitro benzene ring substituents is 1. The van der Waals surface area contributed by atoms with Gasteiger partial charge in [-0.25, -0.2) is 0 Å². The lowest BCUT2D eigenvalue weighted by Crippen LogP contribution is -2.04. The SMILES string of the molecule is CC(CCN)c1nc(-c2ccccc2[N+](=O)[O-])no1. The van der Waals surface area contributed by atoms with E-state index in [0.29, 0.717) is 18.0 Å². The molecule has 0 amide bonds. The van der Waals surface area contributed by atoms with E-state index in [4.69, 9.17) is 10.3 Å². The van der Waals surface area contributed by atoms with E-state index in [-0.39, 0.29) is 17.4 Å². The van der Waals surface area contributed by atoms with E-state index in [2.05, 4.69) is 10.1 Å². The molecule has 0 fully saturated rings. The summed E-state index contributed by atoms with van der Waals surface area (Å²) in [6, 6.07) is 6.30. The molecular formula is C12H14N4O3. The molecule has 0 radical (unpaired) electrons. The molecule has 1 unspecified atom stereocenters. The van der Waals surface area contributed by atoms with Crippen molar-refractivity contribution in [3.8, 4) is 11.4 Å². The third-order valence-electron chi connectivity index (χ3n) is 2.80. The second kappa shape index (κ2) is 5.57. The van der Waals surface area contributed by atoms with Gasteiger partial charge in [-0.05, 0) is 19.0 Å². The van der Waals surface area contributed by atoms with Crippen molar-refractivity contribution in [3.05, 3.63) is 40.3 Å². The first-order valence-corrected chi connectivity index (χ1v) is 5.91. The monoisotopic (exact) mass is 262 g/mol. The van der Waals surface area contributed by atoms with Gasteiger partial charge < -0.3 is 10.3 Å². The topological polar surface area (TPSA) is 108 Å². The Labute approximate surface area is 109 Å². The fraction of sp³-hybridized carbons (Fsp3) is 0.333. The largest absolute Gasteiger partial charge is 0.339 e. The summed E-state index contributed by atoms with van der Waals surface area (Å²) in [5, 5.41) is 14.7. The molecule has 0 spiro atoms. The number of nitrogens with zero attached hydrogens (tertiary/aromatic N) is 3. The van der Waals surface area contributed by atoms with Crippen LogP contribution in [0.5, 0.6) is 0 Å². The Morgan fingerprint density at radius 3 is 2.89 bits per heavy atom. The lowest BCUT2D eigenvalue weighted by atomic mass is 10.1. The number of nitro groups is 1. The Morgan fingerprint density at radius 2 is 2.21 bits per heavy atom. The van der Waals surface area contributed by atoms with Gasteiger partial charge in [-0.1, -0.05) is 24.2 Å². The quantitative estimate of drug-likeness (QED) is 0.652. The van der Waals surface area contributed by atoms with Crippen LogP contribution in [0.2, 0.25) is 0 Å². The molecule has 7 heteroatoms. The van der Waals surface area contributed by atoms with E-state index in [9.17, 15) is 10.1 Å². The lowest BCUT2D eigenvalue weighted by Gasteiger charge is -2.01. The molecule has 0 aliphatic carbocycles. The normalized spacial score (nSPS) is 12.3. The first kappa shape index (κ1) is 13.2. The average Bonchev–Trinajstić information content (AvgIpc) is 2.88. The van der Waals surface area contributed by atoms with Crippen LogP contribution in [0.15, 0.2) is 28.8 Å². The highest BCUT2D eigenvalue weighted by Gasteiger charge is 2.20. The van der Waals surface area contributed by atoms with Crippen LogP contribution in [0.3, 0.4) is 0 Å². The summed E-state index contributed by atoms with van der Waals surface area (Å²) in [4.78, 5) is 14.7. The number of hydrogen-bond donors (Lipinski definition) is 1. The van der Waals surface area contributed by atoms with Gasteiger partial charge in [-0.15, -0.1) is 0 Å². The molecule has 2 N–H and O–H groups in total. The minimum atomic E-state index is -0.464. The number of aromatic nitrogens is 2. The van der Waals surface area contributed by atoms with E-state index >= 15 is 0 Å². The Hall–Kier alpha value is -2.28. The molecular weight excluding hydrogens is 248 g/mol. The molecule has 0 saturated carbocycles. The third-order valence-corrected chi connectivity index (χ3v) is 2.80. The summed E-state index contributed by atoms with van der Waals surface area (Å²) in [7, 11) is 0. The van der Waals surface area contributed by atoms with Gasteiger partial charge in [0.25, 0.3) is 5.69 Å². The van der Waals surface area contributed by atoms with Crippen molar-refractivity contribution < 1.29 is 9.45 Å². The standard InChI is InChI=1S/C12H14N4O3/c1-8(6-7-13)12-14-11(15-19-12)9-4-2-3-5-10(9)16(17)18/h2-5,8H,6-7,13H2,1H3. The molecule has 2 aromatic rings. The van der Waals surface area contributed by atoms with E-state index in [1.165, 1.54) is 6.07 Å². The zero-order valence-electron chi connectivity index (χ0n) is 10.4. The maximum absolute atomic E-state index is 10.9. The zero-order valence-corrected chi connectivity index (χ0v) is 10.4. The first-order valence-electron chi connectivity index (χ1n) is 5.91. The number of nitrogens with two attached hydrogens (primary N) is 1. The summed E-state index contributed by atoms with van der Waals surface area (Å²) in [6.07, 6.45) is 0.721. The van der Waals surface area contributed by atoms with Crippen LogP contribution >= 0.6 is 0 Å². The zero-order chi connectivity index (χ0) is 13.8. The van der Waals surface area contributed by atoms with Crippen LogP contribution in [-0.2, 0) is 0 Å². The van der Waals surface area contributed by atoms with E-state index in [1.54, 1.807) is 18.2 Å². The van der Waals surface area contributed by atoms with Crippen molar-refractivity contribution in [2.75, 3.05) is 6.54 Å². The molecule has 0 aliphatic heterocycles. The van der Waals surface area contributed by atoms with Crippen LogP contribution in [0.1, 0.15) is 25.2 Å². The van der Waals surface area contributed by atoms with Crippen LogP contribution in [-0.4, -0.2) is 21.6 Å².